The van der Waals surface area contributed by atoms with Crippen LogP contribution in [0.25, 0.3) is 0 Å². The van der Waals surface area contributed by atoms with Gasteiger partial charge in [0.2, 0.25) is 17.6 Å². The van der Waals surface area contributed by atoms with E-state index in [1.165, 1.54) is 9.21 Å². The van der Waals surface area contributed by atoms with E-state index in [1.54, 1.807) is 32.9 Å². The van der Waals surface area contributed by atoms with Crippen LogP contribution in [0.2, 0.25) is 0 Å². The van der Waals surface area contributed by atoms with Gasteiger partial charge in [0.1, 0.15) is 12.1 Å². The smallest absolute Gasteiger partial charge is 0.353 e. The molecule has 2 saturated heterocycles. The van der Waals surface area contributed by atoms with Crippen LogP contribution in [0.3, 0.4) is 0 Å². The number of amides is 5. The first-order chi connectivity index (χ1) is 21.5. The van der Waals surface area contributed by atoms with Gasteiger partial charge in [-0.25, -0.2) is 4.79 Å². The molecule has 0 aromatic heterocycles. The number of likely N-dealkylation sites (tertiary alicyclic amines) is 1. The molecule has 0 aromatic rings. The lowest BCUT2D eigenvalue weighted by molar-refractivity contribution is -0.147. The molecular formula is C30H48F3N6O7S+. The third-order valence-corrected chi connectivity index (χ3v) is 10.8. The quantitative estimate of drug-likeness (QED) is 0.125. The molecule has 2 fully saturated rings. The fourth-order valence-electron chi connectivity index (χ4n) is 5.92. The zero-order valence-corrected chi connectivity index (χ0v) is 28.7. The van der Waals surface area contributed by atoms with E-state index in [2.05, 4.69) is 21.3 Å². The van der Waals surface area contributed by atoms with Crippen LogP contribution in [-0.4, -0.2) is 106 Å². The van der Waals surface area contributed by atoms with Crippen LogP contribution in [0, 0.1) is 22.7 Å². The number of nitrogens with zero attached hydrogens (tertiary/aromatic N) is 2. The molecule has 17 heteroatoms. The van der Waals surface area contributed by atoms with Crippen molar-refractivity contribution in [1.29, 1.82) is 0 Å². The van der Waals surface area contributed by atoms with Crippen molar-refractivity contribution in [1.82, 2.24) is 30.5 Å². The van der Waals surface area contributed by atoms with Gasteiger partial charge >= 0.3 is 12.2 Å². The number of likely N-dealkylation sites (N-methyl/N-ethyl adjacent to an activating group) is 1. The summed E-state index contributed by atoms with van der Waals surface area (Å²) in [6, 6.07) is -5.43. The average Bonchev–Trinajstić information content (AvgIpc) is 3.39. The summed E-state index contributed by atoms with van der Waals surface area (Å²) in [5, 5.41) is 9.94. The van der Waals surface area contributed by atoms with E-state index in [4.69, 9.17) is 0 Å². The van der Waals surface area contributed by atoms with Crippen LogP contribution >= 0.6 is 0 Å². The number of nitrogens with one attached hydrogen (secondary N) is 4. The number of rotatable bonds is 11. The molecule has 0 saturated carbocycles. The number of carbonyl (C=O) groups is 5. The number of Topliss-reactive ketones (excluding diaryl/α,β-unsaturated/α-hetero) is 1. The Labute approximate surface area is 274 Å². The van der Waals surface area contributed by atoms with Gasteiger partial charge in [-0.15, -0.1) is 0 Å². The van der Waals surface area contributed by atoms with Gasteiger partial charge in [-0.3, -0.25) is 19.2 Å². The predicted molar refractivity (Wildman–Crippen MR) is 168 cm³/mol. The molecule has 1 aliphatic carbocycles. The van der Waals surface area contributed by atoms with Crippen LogP contribution in [0.15, 0.2) is 12.2 Å². The first kappa shape index (κ1) is 38.4. The summed E-state index contributed by atoms with van der Waals surface area (Å²) in [5.41, 5.74) is -1.41. The molecular weight excluding hydrogens is 645 g/mol. The zero-order valence-electron chi connectivity index (χ0n) is 27.9. The average molecular weight is 694 g/mol. The Hall–Kier alpha value is -3.05. The monoisotopic (exact) mass is 693 g/mol. The summed E-state index contributed by atoms with van der Waals surface area (Å²) in [4.78, 5) is 67.1. The Bertz CT molecular complexity index is 1310. The molecule has 5 amide bonds. The SMILES string of the molecule is CNC(=O)C(=O)C(CCC(F)(F)F)NC(=O)[C@@H]1[C@H]2C=C[C@H]2CN1C(=O)[C@@H](NC(=O)N[C@H](CN1CCC[S+]1(=O)O)C(C)(C)C)C(C)(C)C. The van der Waals surface area contributed by atoms with Crippen molar-refractivity contribution < 1.29 is 45.9 Å². The Kier molecular flexibility index (Phi) is 11.6. The molecule has 0 aromatic carbocycles. The Morgan fingerprint density at radius 3 is 2.09 bits per heavy atom. The molecule has 2 aliphatic heterocycles. The standard InChI is InChI=1S/C30H47F3N6O7S/c1-28(2,3)20(16-38-13-8-14-47(38,45)46)36-27(44)37-23(29(4,5)6)26(43)39-15-17-9-10-18(17)21(39)24(41)35-19(11-12-30(31,32)33)22(40)25(42)34-7/h9-10,17-21,23H,8,11-16H2,1-7H3,(H4-,34,35,36,37,41,42,44,45,46)/p+1/t17-,18-,19?,20+,21-,23+/m0/s1. The molecule has 7 atom stereocenters. The summed E-state index contributed by atoms with van der Waals surface area (Å²) in [6.45, 7) is 11.4. The van der Waals surface area contributed by atoms with E-state index in [0.29, 0.717) is 13.0 Å². The van der Waals surface area contributed by atoms with Gasteiger partial charge in [0.25, 0.3) is 16.3 Å². The molecule has 3 rings (SSSR count). The third kappa shape index (κ3) is 9.53. The Morgan fingerprint density at radius 2 is 1.62 bits per heavy atom. The lowest BCUT2D eigenvalue weighted by Gasteiger charge is -2.37. The minimum Gasteiger partial charge on any atom is -0.353 e. The van der Waals surface area contributed by atoms with Crippen molar-refractivity contribution >= 4 is 39.9 Å². The highest BCUT2D eigenvalue weighted by Gasteiger charge is 2.52. The Balaban J connectivity index is 1.81. The molecule has 47 heavy (non-hydrogen) atoms. The maximum absolute atomic E-state index is 14.2. The molecule has 266 valence electrons. The summed E-state index contributed by atoms with van der Waals surface area (Å²) < 4.78 is 63.4. The minimum atomic E-state index is -4.65. The van der Waals surface area contributed by atoms with Crippen LogP contribution in [0.5, 0.6) is 0 Å². The number of halogens is 3. The first-order valence-electron chi connectivity index (χ1n) is 15.6. The van der Waals surface area contributed by atoms with Gasteiger partial charge in [0, 0.05) is 38.3 Å². The van der Waals surface area contributed by atoms with Crippen LogP contribution in [0.1, 0.15) is 60.8 Å². The van der Waals surface area contributed by atoms with Crippen LogP contribution in [-0.2, 0) is 33.8 Å². The molecule has 0 spiro atoms. The number of urea groups is 1. The van der Waals surface area contributed by atoms with E-state index in [-0.39, 0.29) is 24.8 Å². The zero-order chi connectivity index (χ0) is 35.7. The third-order valence-electron chi connectivity index (χ3n) is 8.88. The van der Waals surface area contributed by atoms with Gasteiger partial charge in [-0.05, 0) is 21.5 Å². The number of fused-ring (bicyclic) bond motifs is 1. The second-order valence-corrected chi connectivity index (χ2v) is 16.7. The van der Waals surface area contributed by atoms with E-state index in [1.807, 2.05) is 20.8 Å². The van der Waals surface area contributed by atoms with E-state index >= 15 is 0 Å². The predicted octanol–water partition coefficient (Wildman–Crippen LogP) is 1.86. The number of hydrogen-bond donors (Lipinski definition) is 5. The summed E-state index contributed by atoms with van der Waals surface area (Å²) >= 11 is 0. The second kappa shape index (κ2) is 14.2. The number of alkyl halides is 3. The fraction of sp³-hybridized carbons (Fsp3) is 0.767. The number of ketones is 1. The summed E-state index contributed by atoms with van der Waals surface area (Å²) in [7, 11) is -2.05. The van der Waals surface area contributed by atoms with Crippen molar-refractivity contribution in [2.75, 3.05) is 32.4 Å². The van der Waals surface area contributed by atoms with Gasteiger partial charge in [-0.1, -0.05) is 58.0 Å². The fourth-order valence-corrected chi connectivity index (χ4v) is 7.48. The molecule has 0 bridgehead atoms. The molecule has 0 radical (unpaired) electrons. The highest BCUT2D eigenvalue weighted by molar-refractivity contribution is 7.95. The highest BCUT2D eigenvalue weighted by Crippen LogP contribution is 2.40. The van der Waals surface area contributed by atoms with Gasteiger partial charge < -0.3 is 26.2 Å². The van der Waals surface area contributed by atoms with E-state index in [9.17, 15) is 45.9 Å². The summed E-state index contributed by atoms with van der Waals surface area (Å²) in [6.07, 6.45) is -2.89. The number of hydrogen-bond acceptors (Lipinski definition) is 6. The second-order valence-electron chi connectivity index (χ2n) is 14.6. The van der Waals surface area contributed by atoms with Crippen LogP contribution < -0.4 is 21.3 Å². The van der Waals surface area contributed by atoms with Crippen molar-refractivity contribution in [2.45, 2.75) is 91.1 Å². The topological polar surface area (TPSA) is 177 Å². The van der Waals surface area contributed by atoms with Crippen molar-refractivity contribution in [3.05, 3.63) is 12.2 Å². The lowest BCUT2D eigenvalue weighted by atomic mass is 9.80. The summed E-state index contributed by atoms with van der Waals surface area (Å²) in [5.74, 6) is -4.48. The van der Waals surface area contributed by atoms with Gasteiger partial charge in [0.15, 0.2) is 5.75 Å². The maximum Gasteiger partial charge on any atom is 0.389 e. The minimum absolute atomic E-state index is 0.0923. The number of carbonyl (C=O) groups excluding carboxylic acids is 5. The largest absolute Gasteiger partial charge is 0.389 e. The lowest BCUT2D eigenvalue weighted by Crippen LogP contribution is -2.62. The molecule has 2 heterocycles. The van der Waals surface area contributed by atoms with Crippen LogP contribution in [0.4, 0.5) is 18.0 Å². The van der Waals surface area contributed by atoms with E-state index in [0.717, 1.165) is 7.05 Å². The highest BCUT2D eigenvalue weighted by atomic mass is 32.3. The van der Waals surface area contributed by atoms with Crippen molar-refractivity contribution in [2.24, 2.45) is 22.7 Å². The first-order valence-corrected chi connectivity index (χ1v) is 17.3. The molecule has 13 nitrogen and oxygen atoms in total. The van der Waals surface area contributed by atoms with Crippen molar-refractivity contribution in [3.8, 4) is 0 Å². The molecule has 2 unspecified atom stereocenters. The normalized spacial score (nSPS) is 26.4. The van der Waals surface area contributed by atoms with Gasteiger partial charge in [0.05, 0.1) is 25.2 Å². The van der Waals surface area contributed by atoms with Gasteiger partial charge in [-0.2, -0.15) is 17.7 Å². The molecule has 5 N–H and O–H groups in total. The Morgan fingerprint density at radius 1 is 0.979 bits per heavy atom. The maximum atomic E-state index is 14.2. The van der Waals surface area contributed by atoms with E-state index < -0.39 is 99.9 Å². The van der Waals surface area contributed by atoms with Crippen molar-refractivity contribution in [3.63, 3.8) is 0 Å². The molecule has 3 aliphatic rings.